The summed E-state index contributed by atoms with van der Waals surface area (Å²) in [7, 11) is 0. The van der Waals surface area contributed by atoms with Gasteiger partial charge in [-0.2, -0.15) is 0 Å². The highest BCUT2D eigenvalue weighted by Crippen LogP contribution is 2.31. The molecule has 2 fully saturated rings. The largest absolute Gasteiger partial charge is 0.379 e. The molecule has 0 aromatic heterocycles. The molecule has 4 amide bonds. The topological polar surface area (TPSA) is 125 Å². The van der Waals surface area contributed by atoms with Gasteiger partial charge in [0.15, 0.2) is 0 Å². The van der Waals surface area contributed by atoms with Gasteiger partial charge in [0.2, 0.25) is 11.8 Å². The third-order valence-electron chi connectivity index (χ3n) is 5.97. The van der Waals surface area contributed by atoms with E-state index in [0.29, 0.717) is 30.9 Å². The summed E-state index contributed by atoms with van der Waals surface area (Å²) in [6.07, 6.45) is 0.260. The number of piperazine rings is 1. The van der Waals surface area contributed by atoms with E-state index in [-0.39, 0.29) is 18.7 Å². The van der Waals surface area contributed by atoms with Crippen LogP contribution in [0.25, 0.3) is 0 Å². The molecule has 1 atom stereocenters. The summed E-state index contributed by atoms with van der Waals surface area (Å²) in [4.78, 5) is 54.9. The number of imide groups is 2. The van der Waals surface area contributed by atoms with Gasteiger partial charge in [-0.25, -0.2) is 0 Å². The van der Waals surface area contributed by atoms with Crippen molar-refractivity contribution in [1.82, 2.24) is 15.1 Å². The smallest absolute Gasteiger partial charge is 0.262 e. The van der Waals surface area contributed by atoms with Crippen LogP contribution in [0, 0.1) is 0 Å². The lowest BCUT2D eigenvalue weighted by Gasteiger charge is -2.36. The Kier molecular flexibility index (Phi) is 6.30. The van der Waals surface area contributed by atoms with Crippen molar-refractivity contribution in [2.45, 2.75) is 18.9 Å². The maximum absolute atomic E-state index is 13.0. The normalized spacial score (nSPS) is 22.2. The van der Waals surface area contributed by atoms with Crippen molar-refractivity contribution in [3.63, 3.8) is 0 Å². The number of nitrogens with zero attached hydrogens (tertiary/aromatic N) is 3. The Bertz CT molecular complexity index is 896. The fraction of sp³-hybridized carbons (Fsp3) is 0.524. The van der Waals surface area contributed by atoms with Crippen LogP contribution in [0.15, 0.2) is 18.2 Å². The molecular weight excluding hydrogens is 402 g/mol. The molecule has 166 valence electrons. The van der Waals surface area contributed by atoms with Crippen molar-refractivity contribution in [2.24, 2.45) is 5.73 Å². The molecule has 3 aliphatic rings. The molecule has 3 N–H and O–H groups in total. The van der Waals surface area contributed by atoms with Crippen molar-refractivity contribution in [1.29, 1.82) is 0 Å². The van der Waals surface area contributed by atoms with E-state index in [4.69, 9.17) is 10.5 Å². The van der Waals surface area contributed by atoms with E-state index in [9.17, 15) is 19.2 Å². The van der Waals surface area contributed by atoms with Gasteiger partial charge in [0, 0.05) is 51.4 Å². The van der Waals surface area contributed by atoms with E-state index in [1.807, 2.05) is 6.07 Å². The van der Waals surface area contributed by atoms with E-state index < -0.39 is 23.8 Å². The van der Waals surface area contributed by atoms with Crippen LogP contribution in [0.2, 0.25) is 0 Å². The van der Waals surface area contributed by atoms with Crippen LogP contribution >= 0.6 is 0 Å². The Labute approximate surface area is 180 Å². The average molecular weight is 429 g/mol. The van der Waals surface area contributed by atoms with E-state index in [1.165, 1.54) is 0 Å². The lowest BCUT2D eigenvalue weighted by atomic mass is 10.0. The molecule has 1 aromatic rings. The minimum atomic E-state index is -0.946. The fourth-order valence-electron chi connectivity index (χ4n) is 4.26. The summed E-state index contributed by atoms with van der Waals surface area (Å²) in [5, 5.41) is 2.21. The highest BCUT2D eigenvalue weighted by atomic mass is 16.5. The minimum absolute atomic E-state index is 0.108. The van der Waals surface area contributed by atoms with Gasteiger partial charge < -0.3 is 15.4 Å². The monoisotopic (exact) mass is 429 g/mol. The number of ether oxygens (including phenoxy) is 1. The van der Waals surface area contributed by atoms with Gasteiger partial charge in [-0.05, 0) is 24.6 Å². The van der Waals surface area contributed by atoms with E-state index in [2.05, 4.69) is 15.1 Å². The summed E-state index contributed by atoms with van der Waals surface area (Å²) in [6, 6.07) is 4.29. The lowest BCUT2D eigenvalue weighted by molar-refractivity contribution is -0.136. The number of hydrogen-bond donors (Lipinski definition) is 2. The summed E-state index contributed by atoms with van der Waals surface area (Å²) in [5.74, 6) is -1.95. The number of rotatable bonds is 7. The van der Waals surface area contributed by atoms with E-state index in [1.54, 1.807) is 12.1 Å². The SMILES string of the molecule is NCCOCCN1CCN(c2ccc3c(c2)C(=O)N(C2CCC(=O)NC2=O)C3=O)CC1. The second-order valence-electron chi connectivity index (χ2n) is 7.91. The highest BCUT2D eigenvalue weighted by molar-refractivity contribution is 6.23. The van der Waals surface area contributed by atoms with Gasteiger partial charge in [-0.3, -0.25) is 34.3 Å². The first-order valence-electron chi connectivity index (χ1n) is 10.6. The molecule has 0 bridgehead atoms. The number of hydrogen-bond acceptors (Lipinski definition) is 8. The lowest BCUT2D eigenvalue weighted by Crippen LogP contribution is -2.54. The first-order valence-corrected chi connectivity index (χ1v) is 10.6. The quantitative estimate of drug-likeness (QED) is 0.426. The van der Waals surface area contributed by atoms with Gasteiger partial charge in [-0.1, -0.05) is 0 Å². The van der Waals surface area contributed by atoms with Crippen molar-refractivity contribution in [2.75, 3.05) is 57.4 Å². The molecule has 0 saturated carbocycles. The third kappa shape index (κ3) is 4.32. The Morgan fingerprint density at radius 3 is 2.45 bits per heavy atom. The molecule has 1 aromatic carbocycles. The summed E-state index contributed by atoms with van der Waals surface area (Å²) in [5.41, 5.74) is 6.91. The van der Waals surface area contributed by atoms with Crippen molar-refractivity contribution >= 4 is 29.3 Å². The van der Waals surface area contributed by atoms with Gasteiger partial charge in [0.05, 0.1) is 24.3 Å². The zero-order valence-electron chi connectivity index (χ0n) is 17.3. The first kappa shape index (κ1) is 21.4. The molecule has 3 heterocycles. The van der Waals surface area contributed by atoms with Crippen molar-refractivity contribution < 1.29 is 23.9 Å². The molecule has 4 rings (SSSR count). The highest BCUT2D eigenvalue weighted by Gasteiger charge is 2.44. The molecule has 0 aliphatic carbocycles. The Morgan fingerprint density at radius 1 is 1.00 bits per heavy atom. The number of carbonyl (C=O) groups is 4. The standard InChI is InChI=1S/C21H27N5O5/c22-5-11-31-12-10-24-6-8-25(9-7-24)14-1-2-15-16(13-14)21(30)26(20(15)29)17-3-4-18(27)23-19(17)28/h1-2,13,17H,3-12,22H2,(H,23,27,28). The number of piperidine rings is 1. The molecule has 0 radical (unpaired) electrons. The zero-order chi connectivity index (χ0) is 22.0. The Hall–Kier alpha value is -2.82. The molecule has 10 heteroatoms. The predicted molar refractivity (Wildman–Crippen MR) is 112 cm³/mol. The van der Waals surface area contributed by atoms with Gasteiger partial charge >= 0.3 is 0 Å². The van der Waals surface area contributed by atoms with Gasteiger partial charge in [0.25, 0.3) is 11.8 Å². The number of nitrogens with one attached hydrogen (secondary N) is 1. The number of amides is 4. The molecule has 31 heavy (non-hydrogen) atoms. The molecule has 1 unspecified atom stereocenters. The molecule has 10 nitrogen and oxygen atoms in total. The summed E-state index contributed by atoms with van der Waals surface area (Å²) in [6.45, 7) is 5.95. The van der Waals surface area contributed by atoms with Crippen molar-refractivity contribution in [3.05, 3.63) is 29.3 Å². The number of carbonyl (C=O) groups excluding carboxylic acids is 4. The number of fused-ring (bicyclic) bond motifs is 1. The van der Waals surface area contributed by atoms with Crippen LogP contribution in [0.3, 0.4) is 0 Å². The van der Waals surface area contributed by atoms with Crippen LogP contribution in [-0.4, -0.2) is 92.0 Å². The average Bonchev–Trinajstić information content (AvgIpc) is 3.02. The maximum Gasteiger partial charge on any atom is 0.262 e. The van der Waals surface area contributed by atoms with Crippen molar-refractivity contribution in [3.8, 4) is 0 Å². The predicted octanol–water partition coefficient (Wildman–Crippen LogP) is -0.815. The number of anilines is 1. The summed E-state index contributed by atoms with van der Waals surface area (Å²) < 4.78 is 5.44. The van der Waals surface area contributed by atoms with Crippen LogP contribution < -0.4 is 16.0 Å². The van der Waals surface area contributed by atoms with Crippen LogP contribution in [-0.2, 0) is 14.3 Å². The Balaban J connectivity index is 1.41. The van der Waals surface area contributed by atoms with E-state index >= 15 is 0 Å². The number of nitrogens with two attached hydrogens (primary N) is 1. The summed E-state index contributed by atoms with van der Waals surface area (Å²) >= 11 is 0. The van der Waals surface area contributed by atoms with E-state index in [0.717, 1.165) is 43.3 Å². The molecule has 3 aliphatic heterocycles. The van der Waals surface area contributed by atoms with Crippen LogP contribution in [0.4, 0.5) is 5.69 Å². The second kappa shape index (κ2) is 9.13. The Morgan fingerprint density at radius 2 is 1.74 bits per heavy atom. The van der Waals surface area contributed by atoms with Gasteiger partial charge in [0.1, 0.15) is 6.04 Å². The van der Waals surface area contributed by atoms with Crippen LogP contribution in [0.1, 0.15) is 33.6 Å². The third-order valence-corrected chi connectivity index (χ3v) is 5.97. The zero-order valence-corrected chi connectivity index (χ0v) is 17.3. The fourth-order valence-corrected chi connectivity index (χ4v) is 4.26. The first-order chi connectivity index (χ1) is 15.0. The van der Waals surface area contributed by atoms with Crippen LogP contribution in [0.5, 0.6) is 0 Å². The second-order valence-corrected chi connectivity index (χ2v) is 7.91. The molecular formula is C21H27N5O5. The maximum atomic E-state index is 13.0. The number of benzene rings is 1. The van der Waals surface area contributed by atoms with Gasteiger partial charge in [-0.15, -0.1) is 0 Å². The molecule has 0 spiro atoms. The minimum Gasteiger partial charge on any atom is -0.379 e. The molecule has 2 saturated heterocycles.